The fraction of sp³-hybridized carbons (Fsp3) is 0.438. The fourth-order valence-electron chi connectivity index (χ4n) is 4.89. The molecule has 224 valence electrons. The van der Waals surface area contributed by atoms with Crippen LogP contribution < -0.4 is 0 Å². The highest BCUT2D eigenvalue weighted by Gasteiger charge is 2.31. The van der Waals surface area contributed by atoms with Crippen LogP contribution >= 0.6 is 0 Å². The highest BCUT2D eigenvalue weighted by Crippen LogP contribution is 2.33. The summed E-state index contributed by atoms with van der Waals surface area (Å²) in [5.41, 5.74) is 2.09. The van der Waals surface area contributed by atoms with Crippen molar-refractivity contribution in [2.75, 3.05) is 52.9 Å². The van der Waals surface area contributed by atoms with Gasteiger partial charge in [0.1, 0.15) is 13.2 Å². The second-order valence-corrected chi connectivity index (χ2v) is 9.90. The monoisotopic (exact) mass is 580 g/mol. The van der Waals surface area contributed by atoms with Crippen LogP contribution in [0.1, 0.15) is 35.8 Å². The molecule has 4 atom stereocenters. The Labute approximate surface area is 245 Å². The molecule has 3 heterocycles. The minimum atomic E-state index is -0.656. The molecule has 0 aliphatic carbocycles. The first-order valence-electron chi connectivity index (χ1n) is 14.3. The van der Waals surface area contributed by atoms with Crippen LogP contribution in [0.5, 0.6) is 0 Å². The average Bonchev–Trinajstić information content (AvgIpc) is 3.03. The summed E-state index contributed by atoms with van der Waals surface area (Å²) in [5.74, 6) is -1.11. The molecule has 3 aliphatic heterocycles. The summed E-state index contributed by atoms with van der Waals surface area (Å²) in [6.45, 7) is 1.39. The van der Waals surface area contributed by atoms with E-state index in [-0.39, 0.29) is 76.2 Å². The van der Waals surface area contributed by atoms with Gasteiger partial charge >= 0.3 is 11.9 Å². The second kappa shape index (κ2) is 15.5. The van der Waals surface area contributed by atoms with Gasteiger partial charge in [0.2, 0.25) is 24.1 Å². The van der Waals surface area contributed by atoms with E-state index in [4.69, 9.17) is 37.9 Å². The second-order valence-electron chi connectivity index (χ2n) is 9.90. The lowest BCUT2D eigenvalue weighted by Crippen LogP contribution is -2.30. The smallest absolute Gasteiger partial charge is 0.373 e. The zero-order valence-electron chi connectivity index (χ0n) is 23.4. The lowest BCUT2D eigenvalue weighted by Gasteiger charge is -2.29. The molecule has 0 aromatic heterocycles. The number of rotatable bonds is 2. The van der Waals surface area contributed by atoms with Crippen molar-refractivity contribution in [3.63, 3.8) is 0 Å². The van der Waals surface area contributed by atoms with Gasteiger partial charge in [0.15, 0.2) is 0 Å². The lowest BCUT2D eigenvalue weighted by atomic mass is 9.93. The third-order valence-electron chi connectivity index (χ3n) is 6.96. The highest BCUT2D eigenvalue weighted by atomic mass is 16.7. The molecular formula is C32H36O10. The number of fused-ring (bicyclic) bond motifs is 4. The van der Waals surface area contributed by atoms with E-state index in [1.54, 1.807) is 12.2 Å². The Bertz CT molecular complexity index is 1120. The van der Waals surface area contributed by atoms with Gasteiger partial charge in [0.05, 0.1) is 39.6 Å². The maximum atomic E-state index is 12.8. The molecule has 0 radical (unpaired) electrons. The average molecular weight is 581 g/mol. The summed E-state index contributed by atoms with van der Waals surface area (Å²) < 4.78 is 45.4. The molecule has 0 saturated carbocycles. The van der Waals surface area contributed by atoms with Crippen molar-refractivity contribution in [1.82, 2.24) is 0 Å². The lowest BCUT2D eigenvalue weighted by molar-refractivity contribution is -0.170. The van der Waals surface area contributed by atoms with Gasteiger partial charge < -0.3 is 37.9 Å². The van der Waals surface area contributed by atoms with Crippen LogP contribution in [0.3, 0.4) is 0 Å². The number of hydrogen-bond donors (Lipinski definition) is 0. The first kappa shape index (κ1) is 29.8. The SMILES string of the molecule is O=C1OCCOCCO[C@@H]2C[C@@H](c3ccccc3)C=C(O2)C(=O)OCCOCCO[C@H]2C[C@H](c3ccccc3)C=C1O2. The van der Waals surface area contributed by atoms with Crippen molar-refractivity contribution in [3.05, 3.63) is 95.5 Å². The molecule has 0 amide bonds. The van der Waals surface area contributed by atoms with E-state index in [0.29, 0.717) is 12.8 Å². The van der Waals surface area contributed by atoms with E-state index < -0.39 is 24.5 Å². The number of hydrogen-bond acceptors (Lipinski definition) is 10. The molecule has 0 unspecified atom stereocenters. The van der Waals surface area contributed by atoms with Crippen LogP contribution in [0.4, 0.5) is 0 Å². The number of esters is 2. The van der Waals surface area contributed by atoms with Gasteiger partial charge in [-0.25, -0.2) is 9.59 Å². The molecule has 5 rings (SSSR count). The molecule has 42 heavy (non-hydrogen) atoms. The summed E-state index contributed by atoms with van der Waals surface area (Å²) in [6, 6.07) is 19.7. The predicted molar refractivity (Wildman–Crippen MR) is 149 cm³/mol. The Kier molecular flexibility index (Phi) is 11.0. The molecule has 4 bridgehead atoms. The first-order valence-corrected chi connectivity index (χ1v) is 14.3. The van der Waals surface area contributed by atoms with Crippen LogP contribution in [0.15, 0.2) is 84.3 Å². The van der Waals surface area contributed by atoms with Gasteiger partial charge in [-0.05, 0) is 23.3 Å². The van der Waals surface area contributed by atoms with E-state index in [2.05, 4.69) is 0 Å². The molecule has 3 aliphatic rings. The minimum Gasteiger partial charge on any atom is -0.458 e. The molecule has 2 aromatic rings. The van der Waals surface area contributed by atoms with Gasteiger partial charge in [-0.2, -0.15) is 0 Å². The van der Waals surface area contributed by atoms with Crippen LogP contribution in [0.25, 0.3) is 0 Å². The number of allylic oxidation sites excluding steroid dienone is 2. The molecule has 10 heteroatoms. The van der Waals surface area contributed by atoms with Gasteiger partial charge in [-0.3, -0.25) is 0 Å². The van der Waals surface area contributed by atoms with Crippen LogP contribution in [-0.4, -0.2) is 77.4 Å². The number of carbonyl (C=O) groups is 2. The number of carbonyl (C=O) groups excluding carboxylic acids is 2. The Hall–Kier alpha value is -3.70. The molecule has 0 spiro atoms. The molecule has 10 nitrogen and oxygen atoms in total. The number of ether oxygens (including phenoxy) is 8. The Morgan fingerprint density at radius 1 is 0.500 bits per heavy atom. The van der Waals surface area contributed by atoms with Gasteiger partial charge in [0, 0.05) is 24.7 Å². The Morgan fingerprint density at radius 3 is 1.33 bits per heavy atom. The normalized spacial score (nSPS) is 26.9. The van der Waals surface area contributed by atoms with Crippen LogP contribution in [-0.2, 0) is 47.5 Å². The zero-order valence-corrected chi connectivity index (χ0v) is 23.4. The quantitative estimate of drug-likeness (QED) is 0.484. The van der Waals surface area contributed by atoms with Crippen molar-refractivity contribution in [1.29, 1.82) is 0 Å². The third kappa shape index (κ3) is 8.65. The van der Waals surface area contributed by atoms with Crippen LogP contribution in [0.2, 0.25) is 0 Å². The first-order chi connectivity index (χ1) is 20.7. The van der Waals surface area contributed by atoms with E-state index >= 15 is 0 Å². The summed E-state index contributed by atoms with van der Waals surface area (Å²) in [7, 11) is 0. The summed E-state index contributed by atoms with van der Waals surface area (Å²) in [4.78, 5) is 25.6. The molecular weight excluding hydrogens is 544 g/mol. The maximum Gasteiger partial charge on any atom is 0.373 e. The van der Waals surface area contributed by atoms with E-state index in [1.807, 2.05) is 60.7 Å². The molecule has 2 aromatic carbocycles. The Morgan fingerprint density at radius 2 is 0.905 bits per heavy atom. The summed E-state index contributed by atoms with van der Waals surface area (Å²) in [5, 5.41) is 0. The topological polar surface area (TPSA) is 108 Å². The van der Waals surface area contributed by atoms with Crippen molar-refractivity contribution in [2.24, 2.45) is 0 Å². The summed E-state index contributed by atoms with van der Waals surface area (Å²) in [6.07, 6.45) is 3.28. The molecule has 1 fully saturated rings. The van der Waals surface area contributed by atoms with Gasteiger partial charge in [-0.15, -0.1) is 0 Å². The summed E-state index contributed by atoms with van der Waals surface area (Å²) >= 11 is 0. The highest BCUT2D eigenvalue weighted by molar-refractivity contribution is 5.87. The van der Waals surface area contributed by atoms with Crippen molar-refractivity contribution in [3.8, 4) is 0 Å². The van der Waals surface area contributed by atoms with Crippen molar-refractivity contribution >= 4 is 11.9 Å². The third-order valence-corrected chi connectivity index (χ3v) is 6.96. The van der Waals surface area contributed by atoms with Crippen molar-refractivity contribution in [2.45, 2.75) is 37.3 Å². The zero-order chi connectivity index (χ0) is 29.0. The standard InChI is InChI=1S/C32H36O10/c33-31-27-19-25(23-7-3-1-4-8-23)21-29(41-27)37-15-11-35-14-18-40-32(34)28-20-26(24-9-5-2-6-10-24)22-30(42-28)38-16-12-36-13-17-39-31/h1-10,19-20,25-26,29-30H,11-18,21-22H2/t25-,26+,29-,30+. The van der Waals surface area contributed by atoms with E-state index in [0.717, 1.165) is 11.1 Å². The predicted octanol–water partition coefficient (Wildman–Crippen LogP) is 3.98. The maximum absolute atomic E-state index is 12.8. The van der Waals surface area contributed by atoms with Gasteiger partial charge in [0.25, 0.3) is 0 Å². The van der Waals surface area contributed by atoms with Crippen molar-refractivity contribution < 1.29 is 47.5 Å². The largest absolute Gasteiger partial charge is 0.458 e. The fourth-order valence-corrected chi connectivity index (χ4v) is 4.89. The molecule has 1 saturated heterocycles. The minimum absolute atomic E-state index is 0.0453. The number of benzene rings is 2. The Balaban J connectivity index is 1.21. The van der Waals surface area contributed by atoms with Crippen LogP contribution in [0, 0.1) is 0 Å². The van der Waals surface area contributed by atoms with E-state index in [9.17, 15) is 9.59 Å². The number of cyclic esters (lactones) is 2. The molecule has 0 N–H and O–H groups in total. The van der Waals surface area contributed by atoms with Gasteiger partial charge in [-0.1, -0.05) is 60.7 Å². The van der Waals surface area contributed by atoms with E-state index in [1.165, 1.54) is 0 Å².